The first-order valence-corrected chi connectivity index (χ1v) is 14.9. The van der Waals surface area contributed by atoms with Crippen LogP contribution in [0.1, 0.15) is 0 Å². The molecule has 0 unspecified atom stereocenters. The monoisotopic (exact) mass is 611 g/mol. The normalized spacial score (nSPS) is 12.9. The van der Waals surface area contributed by atoms with Crippen LogP contribution in [0.15, 0.2) is 67.4 Å². The largest absolute Gasteiger partial charge is 0.507 e. The minimum atomic E-state index is -4.91. The van der Waals surface area contributed by atoms with Crippen molar-refractivity contribution in [2.75, 3.05) is 18.1 Å². The standard InChI is InChI=1S/C18H17N3O13S4/c19-17-16-10(7-12(9-14(16)22)35-34-33-23)8-15(37(26,27)28)18(17)21-20-11-1-3-13(4-2-11)36(24,25)6-5-32-38(29,30)31/h1-4,7-9,22-23H,5-6,19H2,(H,26,27,28)(H,29,30,31)/b21-20+. The summed E-state index contributed by atoms with van der Waals surface area (Å²) >= 11 is 0.474. The van der Waals surface area contributed by atoms with Crippen LogP contribution in [-0.2, 0) is 43.9 Å². The second kappa shape index (κ2) is 11.4. The van der Waals surface area contributed by atoms with E-state index in [9.17, 15) is 34.9 Å². The van der Waals surface area contributed by atoms with Crippen LogP contribution in [0.4, 0.5) is 17.1 Å². The van der Waals surface area contributed by atoms with Gasteiger partial charge in [-0.1, -0.05) is 5.04 Å². The number of fused-ring (bicyclic) bond motifs is 1. The first-order valence-electron chi connectivity index (χ1n) is 9.70. The highest BCUT2D eigenvalue weighted by atomic mass is 32.3. The third-order valence-electron chi connectivity index (χ3n) is 4.65. The average molecular weight is 612 g/mol. The number of hydrogen-bond acceptors (Lipinski definition) is 15. The van der Waals surface area contributed by atoms with Crippen LogP contribution in [-0.4, -0.2) is 57.1 Å². The van der Waals surface area contributed by atoms with Gasteiger partial charge in [-0.2, -0.15) is 21.9 Å². The van der Waals surface area contributed by atoms with Crippen LogP contribution >= 0.6 is 12.0 Å². The van der Waals surface area contributed by atoms with E-state index in [-0.39, 0.29) is 31.9 Å². The van der Waals surface area contributed by atoms with Crippen molar-refractivity contribution in [1.82, 2.24) is 0 Å². The van der Waals surface area contributed by atoms with Gasteiger partial charge < -0.3 is 10.8 Å². The summed E-state index contributed by atoms with van der Waals surface area (Å²) in [5.74, 6) is -1.20. The summed E-state index contributed by atoms with van der Waals surface area (Å²) in [6.07, 6.45) is 0. The molecule has 0 spiro atoms. The number of phenolic OH excluding ortho intramolecular Hbond substituents is 1. The molecular weight excluding hydrogens is 594 g/mol. The Kier molecular flexibility index (Phi) is 8.93. The third kappa shape index (κ3) is 7.35. The minimum absolute atomic E-state index is 0.0241. The van der Waals surface area contributed by atoms with E-state index in [0.717, 1.165) is 24.3 Å². The van der Waals surface area contributed by atoms with Gasteiger partial charge in [-0.05, 0) is 47.9 Å². The maximum atomic E-state index is 12.3. The van der Waals surface area contributed by atoms with Crippen LogP contribution in [0.25, 0.3) is 10.8 Å². The summed E-state index contributed by atoms with van der Waals surface area (Å²) in [7, 11) is -13.7. The van der Waals surface area contributed by atoms with Gasteiger partial charge in [-0.15, -0.1) is 9.45 Å². The van der Waals surface area contributed by atoms with Crippen molar-refractivity contribution >= 4 is 70.2 Å². The molecule has 0 aliphatic heterocycles. The first-order chi connectivity index (χ1) is 17.6. The van der Waals surface area contributed by atoms with E-state index in [2.05, 4.69) is 23.8 Å². The Bertz CT molecular complexity index is 1710. The fraction of sp³-hybridized carbons (Fsp3) is 0.111. The highest BCUT2D eigenvalue weighted by molar-refractivity contribution is 7.94. The number of rotatable bonds is 11. The quantitative estimate of drug-likeness (QED) is 0.0521. The van der Waals surface area contributed by atoms with Gasteiger partial charge in [0, 0.05) is 10.3 Å². The lowest BCUT2D eigenvalue weighted by atomic mass is 10.1. The van der Waals surface area contributed by atoms with Crippen molar-refractivity contribution in [2.45, 2.75) is 14.7 Å². The highest BCUT2D eigenvalue weighted by Crippen LogP contribution is 2.43. The summed E-state index contributed by atoms with van der Waals surface area (Å²) in [6.45, 7) is -0.822. The summed E-state index contributed by atoms with van der Waals surface area (Å²) in [4.78, 5) is -0.836. The van der Waals surface area contributed by atoms with E-state index in [1.807, 2.05) is 0 Å². The molecule has 0 aromatic heterocycles. The minimum Gasteiger partial charge on any atom is -0.507 e. The van der Waals surface area contributed by atoms with Crippen molar-refractivity contribution in [3.8, 4) is 5.75 Å². The fourth-order valence-electron chi connectivity index (χ4n) is 3.09. The lowest BCUT2D eigenvalue weighted by Gasteiger charge is -2.12. The van der Waals surface area contributed by atoms with E-state index in [4.69, 9.17) is 15.5 Å². The van der Waals surface area contributed by atoms with Crippen LogP contribution < -0.4 is 5.73 Å². The third-order valence-corrected chi connectivity index (χ3v) is 8.23. The molecule has 3 aromatic carbocycles. The molecule has 0 bridgehead atoms. The second-order valence-corrected chi connectivity index (χ2v) is 12.5. The van der Waals surface area contributed by atoms with E-state index >= 15 is 0 Å². The molecule has 0 saturated carbocycles. The number of anilines is 1. The number of nitrogens with zero attached hydrogens (tertiary/aromatic N) is 2. The number of aromatic hydroxyl groups is 1. The fourth-order valence-corrected chi connectivity index (χ4v) is 5.69. The Morgan fingerprint density at radius 1 is 0.947 bits per heavy atom. The molecule has 16 nitrogen and oxygen atoms in total. The molecule has 0 aliphatic rings. The van der Waals surface area contributed by atoms with Gasteiger partial charge in [-0.3, -0.25) is 9.11 Å². The van der Waals surface area contributed by atoms with Gasteiger partial charge in [0.25, 0.3) is 10.1 Å². The van der Waals surface area contributed by atoms with Gasteiger partial charge in [-0.25, -0.2) is 17.9 Å². The van der Waals surface area contributed by atoms with E-state index in [1.54, 1.807) is 0 Å². The van der Waals surface area contributed by atoms with Gasteiger partial charge in [0.1, 0.15) is 16.3 Å². The summed E-state index contributed by atoms with van der Waals surface area (Å²) < 4.78 is 96.2. The van der Waals surface area contributed by atoms with Crippen LogP contribution in [0.3, 0.4) is 0 Å². The molecule has 0 amide bonds. The molecule has 3 rings (SSSR count). The molecule has 0 aliphatic carbocycles. The molecule has 0 heterocycles. The number of phenols is 1. The van der Waals surface area contributed by atoms with E-state index < -0.39 is 59.0 Å². The molecule has 0 saturated heterocycles. The van der Waals surface area contributed by atoms with Crippen LogP contribution in [0, 0.1) is 0 Å². The zero-order valence-electron chi connectivity index (χ0n) is 18.5. The molecule has 20 heteroatoms. The lowest BCUT2D eigenvalue weighted by Crippen LogP contribution is -2.15. The number of nitrogens with two attached hydrogens (primary N) is 1. The molecular formula is C18H17N3O13S4. The molecule has 206 valence electrons. The first kappa shape index (κ1) is 29.6. The summed E-state index contributed by atoms with van der Waals surface area (Å²) in [5.41, 5.74) is 5.18. The Morgan fingerprint density at radius 3 is 2.18 bits per heavy atom. The topological polar surface area (TPSA) is 262 Å². The molecule has 0 atom stereocenters. The number of benzene rings is 3. The highest BCUT2D eigenvalue weighted by Gasteiger charge is 2.23. The van der Waals surface area contributed by atoms with Crippen molar-refractivity contribution in [2.24, 2.45) is 10.2 Å². The summed E-state index contributed by atoms with van der Waals surface area (Å²) in [5, 5.41) is 29.7. The van der Waals surface area contributed by atoms with Crippen molar-refractivity contribution in [1.29, 1.82) is 0 Å². The van der Waals surface area contributed by atoms with Crippen LogP contribution in [0.2, 0.25) is 0 Å². The maximum absolute atomic E-state index is 12.3. The predicted molar refractivity (Wildman–Crippen MR) is 131 cm³/mol. The predicted octanol–water partition coefficient (Wildman–Crippen LogP) is 2.81. The maximum Gasteiger partial charge on any atom is 0.397 e. The number of azo groups is 1. The van der Waals surface area contributed by atoms with Gasteiger partial charge in [0.15, 0.2) is 9.84 Å². The molecule has 0 radical (unpaired) electrons. The van der Waals surface area contributed by atoms with Crippen molar-refractivity contribution in [3.05, 3.63) is 42.5 Å². The molecule has 0 fully saturated rings. The van der Waals surface area contributed by atoms with Crippen molar-refractivity contribution in [3.63, 3.8) is 0 Å². The SMILES string of the molecule is Nc1c(/N=N/c2ccc(S(=O)(=O)CCOS(=O)(=O)O)cc2)c(S(=O)(=O)O)cc2cc(SOOO)cc(O)c12. The van der Waals surface area contributed by atoms with E-state index in [0.29, 0.717) is 12.0 Å². The zero-order chi connectivity index (χ0) is 28.3. The Hall–Kier alpha value is -2.92. The Labute approximate surface area is 219 Å². The Morgan fingerprint density at radius 2 is 1.61 bits per heavy atom. The Balaban J connectivity index is 1.97. The zero-order valence-corrected chi connectivity index (χ0v) is 21.8. The number of hydrogen-bond donors (Lipinski definition) is 5. The smallest absolute Gasteiger partial charge is 0.397 e. The van der Waals surface area contributed by atoms with Crippen LogP contribution in [0.5, 0.6) is 5.75 Å². The van der Waals surface area contributed by atoms with Crippen molar-refractivity contribution < 1.29 is 58.3 Å². The average Bonchev–Trinajstić information content (AvgIpc) is 2.80. The number of nitrogen functional groups attached to an aromatic ring is 1. The van der Waals surface area contributed by atoms with Gasteiger partial charge in [0.05, 0.1) is 40.7 Å². The molecule has 38 heavy (non-hydrogen) atoms. The van der Waals surface area contributed by atoms with Gasteiger partial charge >= 0.3 is 10.4 Å². The number of sulfone groups is 1. The molecule has 6 N–H and O–H groups in total. The summed E-state index contributed by atoms with van der Waals surface area (Å²) in [6, 6.07) is 8.02. The second-order valence-electron chi connectivity index (χ2n) is 7.14. The van der Waals surface area contributed by atoms with E-state index in [1.165, 1.54) is 18.2 Å². The lowest BCUT2D eigenvalue weighted by molar-refractivity contribution is -0.432. The van der Waals surface area contributed by atoms with Gasteiger partial charge in [0.2, 0.25) is 0 Å². The molecule has 3 aromatic rings.